The molecular weight excluding hydrogens is 404 g/mol. The van der Waals surface area contributed by atoms with Gasteiger partial charge in [0.05, 0.1) is 11.4 Å². The molecule has 1 amide bonds. The van der Waals surface area contributed by atoms with Crippen molar-refractivity contribution in [2.75, 3.05) is 18.8 Å². The first-order chi connectivity index (χ1) is 15.1. The van der Waals surface area contributed by atoms with E-state index in [9.17, 15) is 4.79 Å². The number of benzene rings is 2. The van der Waals surface area contributed by atoms with Crippen molar-refractivity contribution in [2.24, 2.45) is 0 Å². The minimum atomic E-state index is 0.201. The quantitative estimate of drug-likeness (QED) is 0.514. The zero-order chi connectivity index (χ0) is 21.6. The Hall–Kier alpha value is -2.60. The first kappa shape index (κ1) is 21.6. The van der Waals surface area contributed by atoms with E-state index in [2.05, 4.69) is 58.9 Å². The Morgan fingerprint density at radius 3 is 2.42 bits per heavy atom. The van der Waals surface area contributed by atoms with Crippen LogP contribution >= 0.6 is 11.8 Å². The molecule has 31 heavy (non-hydrogen) atoms. The summed E-state index contributed by atoms with van der Waals surface area (Å²) in [6.45, 7) is 5.97. The van der Waals surface area contributed by atoms with E-state index in [1.54, 1.807) is 0 Å². The Bertz CT molecular complexity index is 1020. The fraction of sp³-hybridized carbons (Fsp3) is 0.400. The van der Waals surface area contributed by atoms with Gasteiger partial charge >= 0.3 is 0 Å². The molecule has 162 valence electrons. The second kappa shape index (κ2) is 10.1. The first-order valence-electron chi connectivity index (χ1n) is 11.1. The Morgan fingerprint density at radius 2 is 1.71 bits per heavy atom. The van der Waals surface area contributed by atoms with E-state index >= 15 is 0 Å². The predicted molar refractivity (Wildman–Crippen MR) is 126 cm³/mol. The molecule has 6 heteroatoms. The summed E-state index contributed by atoms with van der Waals surface area (Å²) in [6, 6.07) is 16.7. The molecule has 5 nitrogen and oxygen atoms in total. The summed E-state index contributed by atoms with van der Waals surface area (Å²) in [5, 5.41) is 9.80. The summed E-state index contributed by atoms with van der Waals surface area (Å²) in [5.74, 6) is 1.49. The minimum Gasteiger partial charge on any atom is -0.342 e. The van der Waals surface area contributed by atoms with E-state index in [0.717, 1.165) is 42.6 Å². The van der Waals surface area contributed by atoms with Crippen molar-refractivity contribution in [3.05, 3.63) is 71.0 Å². The smallest absolute Gasteiger partial charge is 0.233 e. The van der Waals surface area contributed by atoms with Crippen molar-refractivity contribution >= 4 is 17.7 Å². The molecule has 0 unspecified atom stereocenters. The van der Waals surface area contributed by atoms with Gasteiger partial charge in [-0.05, 0) is 43.9 Å². The molecule has 4 rings (SSSR count). The number of rotatable bonds is 6. The summed E-state index contributed by atoms with van der Waals surface area (Å²) < 4.78 is 2.13. The van der Waals surface area contributed by atoms with Crippen LogP contribution in [0.4, 0.5) is 0 Å². The van der Waals surface area contributed by atoms with E-state index in [0.29, 0.717) is 12.2 Å². The minimum absolute atomic E-state index is 0.201. The van der Waals surface area contributed by atoms with Crippen molar-refractivity contribution in [1.29, 1.82) is 0 Å². The van der Waals surface area contributed by atoms with Crippen LogP contribution in [0.5, 0.6) is 0 Å². The van der Waals surface area contributed by atoms with Crippen LogP contribution in [0, 0.1) is 13.8 Å². The standard InChI is InChI=1S/C25H30N4OS/c1-19-12-13-22(20(2)16-19)29-23(17-21-10-6-5-7-11-21)26-27-25(29)31-18-24(30)28-14-8-3-4-9-15-28/h5-7,10-13,16H,3-4,8-9,14-15,17-18H2,1-2H3. The summed E-state index contributed by atoms with van der Waals surface area (Å²) >= 11 is 1.49. The van der Waals surface area contributed by atoms with E-state index in [1.165, 1.54) is 41.3 Å². The van der Waals surface area contributed by atoms with Gasteiger partial charge in [0.2, 0.25) is 5.91 Å². The highest BCUT2D eigenvalue weighted by atomic mass is 32.2. The third-order valence-electron chi connectivity index (χ3n) is 5.78. The highest BCUT2D eigenvalue weighted by molar-refractivity contribution is 7.99. The van der Waals surface area contributed by atoms with Gasteiger partial charge in [0.15, 0.2) is 5.16 Å². The van der Waals surface area contributed by atoms with Crippen LogP contribution in [-0.4, -0.2) is 44.4 Å². The zero-order valence-electron chi connectivity index (χ0n) is 18.4. The van der Waals surface area contributed by atoms with Gasteiger partial charge in [-0.2, -0.15) is 0 Å². The Kier molecular flexibility index (Phi) is 7.07. The van der Waals surface area contributed by atoms with Crippen LogP contribution in [0.2, 0.25) is 0 Å². The summed E-state index contributed by atoms with van der Waals surface area (Å²) in [5.41, 5.74) is 4.67. The number of nitrogens with zero attached hydrogens (tertiary/aromatic N) is 4. The third kappa shape index (κ3) is 5.37. The topological polar surface area (TPSA) is 51.0 Å². The molecule has 0 aliphatic carbocycles. The van der Waals surface area contributed by atoms with Crippen LogP contribution in [0.25, 0.3) is 5.69 Å². The molecule has 0 spiro atoms. The molecule has 0 N–H and O–H groups in total. The van der Waals surface area contributed by atoms with Crippen molar-refractivity contribution in [1.82, 2.24) is 19.7 Å². The van der Waals surface area contributed by atoms with Crippen LogP contribution in [-0.2, 0) is 11.2 Å². The van der Waals surface area contributed by atoms with E-state index in [4.69, 9.17) is 0 Å². The number of hydrogen-bond acceptors (Lipinski definition) is 4. The van der Waals surface area contributed by atoms with Gasteiger partial charge in [0.1, 0.15) is 5.82 Å². The number of thioether (sulfide) groups is 1. The van der Waals surface area contributed by atoms with Gasteiger partial charge in [-0.15, -0.1) is 10.2 Å². The molecule has 1 aliphatic rings. The number of carbonyl (C=O) groups excluding carboxylic acids is 1. The van der Waals surface area contributed by atoms with Crippen molar-refractivity contribution in [3.63, 3.8) is 0 Å². The monoisotopic (exact) mass is 434 g/mol. The number of carbonyl (C=O) groups is 1. The highest BCUT2D eigenvalue weighted by Gasteiger charge is 2.20. The van der Waals surface area contributed by atoms with Crippen LogP contribution in [0.1, 0.15) is 48.2 Å². The molecule has 2 aromatic carbocycles. The van der Waals surface area contributed by atoms with Gasteiger partial charge in [-0.1, -0.05) is 72.6 Å². The third-order valence-corrected chi connectivity index (χ3v) is 6.70. The lowest BCUT2D eigenvalue weighted by Gasteiger charge is -2.20. The summed E-state index contributed by atoms with van der Waals surface area (Å²) in [4.78, 5) is 14.8. The molecule has 0 atom stereocenters. The lowest BCUT2D eigenvalue weighted by molar-refractivity contribution is -0.128. The largest absolute Gasteiger partial charge is 0.342 e. The van der Waals surface area contributed by atoms with Crippen molar-refractivity contribution in [2.45, 2.75) is 51.1 Å². The molecule has 0 saturated carbocycles. The zero-order valence-corrected chi connectivity index (χ0v) is 19.2. The molecular formula is C25H30N4OS. The second-order valence-corrected chi connectivity index (χ2v) is 9.21. The molecule has 3 aromatic rings. The maximum Gasteiger partial charge on any atom is 0.233 e. The molecule has 1 fully saturated rings. The van der Waals surface area contributed by atoms with Crippen LogP contribution in [0.15, 0.2) is 53.7 Å². The maximum atomic E-state index is 12.8. The lowest BCUT2D eigenvalue weighted by atomic mass is 10.1. The average molecular weight is 435 g/mol. The molecule has 2 heterocycles. The summed E-state index contributed by atoms with van der Waals surface area (Å²) in [7, 11) is 0. The average Bonchev–Trinajstić information content (AvgIpc) is 2.97. The molecule has 1 aromatic heterocycles. The first-order valence-corrected chi connectivity index (χ1v) is 12.1. The highest BCUT2D eigenvalue weighted by Crippen LogP contribution is 2.26. The van der Waals surface area contributed by atoms with Gasteiger partial charge in [0.25, 0.3) is 0 Å². The number of amides is 1. The SMILES string of the molecule is Cc1ccc(-n2c(Cc3ccccc3)nnc2SCC(=O)N2CCCCCC2)c(C)c1. The van der Waals surface area contributed by atoms with Gasteiger partial charge < -0.3 is 4.90 Å². The second-order valence-electron chi connectivity index (χ2n) is 8.27. The number of aromatic nitrogens is 3. The van der Waals surface area contributed by atoms with E-state index in [-0.39, 0.29) is 5.91 Å². The molecule has 0 bridgehead atoms. The number of likely N-dealkylation sites (tertiary alicyclic amines) is 1. The van der Waals surface area contributed by atoms with Gasteiger partial charge in [-0.3, -0.25) is 9.36 Å². The van der Waals surface area contributed by atoms with Crippen molar-refractivity contribution < 1.29 is 4.79 Å². The van der Waals surface area contributed by atoms with E-state index in [1.807, 2.05) is 23.1 Å². The fourth-order valence-electron chi connectivity index (χ4n) is 4.12. The predicted octanol–water partition coefficient (Wildman–Crippen LogP) is 4.97. The maximum absolute atomic E-state index is 12.8. The molecule has 0 radical (unpaired) electrons. The van der Waals surface area contributed by atoms with Crippen molar-refractivity contribution in [3.8, 4) is 5.69 Å². The number of hydrogen-bond donors (Lipinski definition) is 0. The van der Waals surface area contributed by atoms with E-state index < -0.39 is 0 Å². The van der Waals surface area contributed by atoms with Gasteiger partial charge in [-0.25, -0.2) is 0 Å². The fourth-order valence-corrected chi connectivity index (χ4v) is 4.99. The van der Waals surface area contributed by atoms with Gasteiger partial charge in [0, 0.05) is 19.5 Å². The Morgan fingerprint density at radius 1 is 0.968 bits per heavy atom. The molecule has 1 aliphatic heterocycles. The van der Waals surface area contributed by atoms with Crippen LogP contribution < -0.4 is 0 Å². The normalized spacial score (nSPS) is 14.5. The Balaban J connectivity index is 1.60. The Labute approximate surface area is 188 Å². The molecule has 1 saturated heterocycles. The lowest BCUT2D eigenvalue weighted by Crippen LogP contribution is -2.33. The van der Waals surface area contributed by atoms with Crippen LogP contribution in [0.3, 0.4) is 0 Å². The number of aryl methyl sites for hydroxylation is 2. The summed E-state index contributed by atoms with van der Waals surface area (Å²) in [6.07, 6.45) is 5.36.